The van der Waals surface area contributed by atoms with Crippen LogP contribution in [0.1, 0.15) is 23.1 Å². The van der Waals surface area contributed by atoms with E-state index in [1.807, 2.05) is 54.6 Å². The Kier molecular flexibility index (Phi) is 4.94. The summed E-state index contributed by atoms with van der Waals surface area (Å²) in [4.78, 5) is 12.5. The van der Waals surface area contributed by atoms with Crippen LogP contribution in [0.5, 0.6) is 0 Å². The number of fused-ring (bicyclic) bond motifs is 1. The minimum atomic E-state index is -0.405. The zero-order valence-corrected chi connectivity index (χ0v) is 12.5. The Morgan fingerprint density at radius 3 is 2.43 bits per heavy atom. The third kappa shape index (κ3) is 3.23. The molecule has 0 radical (unpaired) electrons. The molecule has 108 valence electrons. The van der Waals surface area contributed by atoms with Crippen LogP contribution in [0, 0.1) is 0 Å². The number of nitrogens with two attached hydrogens (primary N) is 1. The number of hydrogen-bond donors (Lipinski definition) is 1. The highest BCUT2D eigenvalue weighted by molar-refractivity contribution is 6.28. The molecule has 3 heteroatoms. The van der Waals surface area contributed by atoms with Gasteiger partial charge in [0.2, 0.25) is 0 Å². The van der Waals surface area contributed by atoms with Gasteiger partial charge in [-0.3, -0.25) is 4.79 Å². The lowest BCUT2D eigenvalue weighted by Gasteiger charge is -2.10. The summed E-state index contributed by atoms with van der Waals surface area (Å²) in [6, 6.07) is 17.6. The van der Waals surface area contributed by atoms with Gasteiger partial charge in [0, 0.05) is 5.57 Å². The van der Waals surface area contributed by atoms with Crippen LogP contribution < -0.4 is 5.73 Å². The van der Waals surface area contributed by atoms with Crippen LogP contribution in [0.2, 0.25) is 0 Å². The number of halogens is 1. The molecule has 0 aromatic heterocycles. The molecule has 2 aromatic rings. The minimum absolute atomic E-state index is 0. The molecule has 1 aliphatic rings. The number of carbonyl (C=O) groups is 1. The van der Waals surface area contributed by atoms with Gasteiger partial charge in [0.1, 0.15) is 0 Å². The van der Waals surface area contributed by atoms with Crippen LogP contribution in [0.25, 0.3) is 11.6 Å². The molecule has 0 fully saturated rings. The SMILES string of the molecule is Cl.NC1CCc2ccccc2/C(=C\c2ccccc2)C1=O. The van der Waals surface area contributed by atoms with E-state index in [1.165, 1.54) is 5.56 Å². The number of Topliss-reactive ketones (excluding diaryl/α,β-unsaturated/α-hetero) is 1. The van der Waals surface area contributed by atoms with E-state index < -0.39 is 6.04 Å². The molecule has 0 spiro atoms. The minimum Gasteiger partial charge on any atom is -0.321 e. The molecule has 1 unspecified atom stereocenters. The number of hydrogen-bond acceptors (Lipinski definition) is 2. The first kappa shape index (κ1) is 15.5. The van der Waals surface area contributed by atoms with Gasteiger partial charge < -0.3 is 5.73 Å². The fourth-order valence-corrected chi connectivity index (χ4v) is 2.64. The van der Waals surface area contributed by atoms with E-state index in [2.05, 4.69) is 6.07 Å². The maximum absolute atomic E-state index is 12.5. The van der Waals surface area contributed by atoms with Crippen molar-refractivity contribution in [2.45, 2.75) is 18.9 Å². The van der Waals surface area contributed by atoms with E-state index in [9.17, 15) is 4.79 Å². The smallest absolute Gasteiger partial charge is 0.180 e. The average molecular weight is 300 g/mol. The Labute approximate surface area is 131 Å². The van der Waals surface area contributed by atoms with E-state index in [-0.39, 0.29) is 18.2 Å². The van der Waals surface area contributed by atoms with Gasteiger partial charge in [0.05, 0.1) is 6.04 Å². The van der Waals surface area contributed by atoms with Crippen molar-refractivity contribution in [3.63, 3.8) is 0 Å². The van der Waals surface area contributed by atoms with Crippen molar-refractivity contribution in [3.05, 3.63) is 71.3 Å². The highest BCUT2D eigenvalue weighted by Crippen LogP contribution is 2.28. The normalized spacial score (nSPS) is 19.6. The van der Waals surface area contributed by atoms with Crippen LogP contribution in [0.3, 0.4) is 0 Å². The van der Waals surface area contributed by atoms with E-state index in [0.29, 0.717) is 6.42 Å². The van der Waals surface area contributed by atoms with Crippen molar-refractivity contribution in [1.29, 1.82) is 0 Å². The summed E-state index contributed by atoms with van der Waals surface area (Å²) < 4.78 is 0. The van der Waals surface area contributed by atoms with Crippen molar-refractivity contribution < 1.29 is 4.79 Å². The highest BCUT2D eigenvalue weighted by atomic mass is 35.5. The van der Waals surface area contributed by atoms with Crippen LogP contribution in [-0.4, -0.2) is 11.8 Å². The van der Waals surface area contributed by atoms with Crippen molar-refractivity contribution in [2.75, 3.05) is 0 Å². The number of aryl methyl sites for hydroxylation is 1. The highest BCUT2D eigenvalue weighted by Gasteiger charge is 2.25. The summed E-state index contributed by atoms with van der Waals surface area (Å²) in [6.45, 7) is 0. The molecule has 0 bridgehead atoms. The molecule has 3 rings (SSSR count). The monoisotopic (exact) mass is 299 g/mol. The average Bonchev–Trinajstić information content (AvgIpc) is 2.61. The Hall–Kier alpha value is -1.90. The quantitative estimate of drug-likeness (QED) is 0.647. The second-order valence-electron chi connectivity index (χ2n) is 5.14. The molecule has 0 aliphatic heterocycles. The maximum Gasteiger partial charge on any atom is 0.180 e. The molecule has 21 heavy (non-hydrogen) atoms. The van der Waals surface area contributed by atoms with Gasteiger partial charge in [-0.1, -0.05) is 54.6 Å². The largest absolute Gasteiger partial charge is 0.321 e. The molecule has 1 aliphatic carbocycles. The molecule has 0 saturated heterocycles. The topological polar surface area (TPSA) is 43.1 Å². The summed E-state index contributed by atoms with van der Waals surface area (Å²) in [7, 11) is 0. The van der Waals surface area contributed by atoms with Crippen LogP contribution >= 0.6 is 12.4 Å². The van der Waals surface area contributed by atoms with E-state index in [0.717, 1.165) is 23.1 Å². The van der Waals surface area contributed by atoms with Crippen LogP contribution in [0.4, 0.5) is 0 Å². The molecule has 2 aromatic carbocycles. The van der Waals surface area contributed by atoms with Gasteiger partial charge >= 0.3 is 0 Å². The predicted octanol–water partition coefficient (Wildman–Crippen LogP) is 3.49. The Balaban J connectivity index is 0.00000161. The molecule has 2 N–H and O–H groups in total. The molecular formula is C18H18ClNO. The van der Waals surface area contributed by atoms with Crippen molar-refractivity contribution in [2.24, 2.45) is 5.73 Å². The Bertz CT molecular complexity index is 664. The van der Waals surface area contributed by atoms with Crippen molar-refractivity contribution in [1.82, 2.24) is 0 Å². The summed E-state index contributed by atoms with van der Waals surface area (Å²) in [5.74, 6) is 0.0406. The maximum atomic E-state index is 12.5. The number of benzene rings is 2. The van der Waals surface area contributed by atoms with E-state index in [4.69, 9.17) is 5.73 Å². The zero-order valence-electron chi connectivity index (χ0n) is 11.7. The predicted molar refractivity (Wildman–Crippen MR) is 89.3 cm³/mol. The van der Waals surface area contributed by atoms with Gasteiger partial charge in [0.15, 0.2) is 5.78 Å². The summed E-state index contributed by atoms with van der Waals surface area (Å²) in [6.07, 6.45) is 3.52. The second kappa shape index (κ2) is 6.70. The van der Waals surface area contributed by atoms with Gasteiger partial charge in [0.25, 0.3) is 0 Å². The first-order chi connectivity index (χ1) is 9.75. The Morgan fingerprint density at radius 2 is 1.67 bits per heavy atom. The molecule has 2 nitrogen and oxygen atoms in total. The Morgan fingerprint density at radius 1 is 1.00 bits per heavy atom. The lowest BCUT2D eigenvalue weighted by atomic mass is 9.95. The van der Waals surface area contributed by atoms with Crippen molar-refractivity contribution >= 4 is 29.8 Å². The van der Waals surface area contributed by atoms with Crippen LogP contribution in [-0.2, 0) is 11.2 Å². The fraction of sp³-hybridized carbons (Fsp3) is 0.167. The lowest BCUT2D eigenvalue weighted by molar-refractivity contribution is -0.114. The second-order valence-corrected chi connectivity index (χ2v) is 5.14. The summed E-state index contributed by atoms with van der Waals surface area (Å²) in [5, 5.41) is 0. The van der Waals surface area contributed by atoms with Gasteiger partial charge in [-0.2, -0.15) is 0 Å². The van der Waals surface area contributed by atoms with Gasteiger partial charge in [-0.15, -0.1) is 12.4 Å². The summed E-state index contributed by atoms with van der Waals surface area (Å²) >= 11 is 0. The standard InChI is InChI=1S/C18H17NO.ClH/c19-17-11-10-14-8-4-5-9-15(14)16(18(17)20)12-13-6-2-1-3-7-13;/h1-9,12,17H,10-11,19H2;1H/b16-12+;. The van der Waals surface area contributed by atoms with Crippen molar-refractivity contribution in [3.8, 4) is 0 Å². The molecular weight excluding hydrogens is 282 g/mol. The molecule has 1 atom stereocenters. The third-order valence-electron chi connectivity index (χ3n) is 3.75. The molecule has 0 saturated carbocycles. The number of rotatable bonds is 1. The first-order valence-corrected chi connectivity index (χ1v) is 6.90. The van der Waals surface area contributed by atoms with E-state index >= 15 is 0 Å². The van der Waals surface area contributed by atoms with Gasteiger partial charge in [-0.25, -0.2) is 0 Å². The molecule has 0 amide bonds. The molecule has 0 heterocycles. The first-order valence-electron chi connectivity index (χ1n) is 6.90. The van der Waals surface area contributed by atoms with E-state index in [1.54, 1.807) is 0 Å². The van der Waals surface area contributed by atoms with Crippen LogP contribution in [0.15, 0.2) is 54.6 Å². The third-order valence-corrected chi connectivity index (χ3v) is 3.75. The fourth-order valence-electron chi connectivity index (χ4n) is 2.64. The summed E-state index contributed by atoms with van der Waals surface area (Å²) in [5.41, 5.74) is 10.00. The number of ketones is 1. The number of carbonyl (C=O) groups excluding carboxylic acids is 1. The zero-order chi connectivity index (χ0) is 13.9. The van der Waals surface area contributed by atoms with Gasteiger partial charge in [-0.05, 0) is 35.6 Å². The lowest BCUT2D eigenvalue weighted by Crippen LogP contribution is -2.30.